The second-order valence-electron chi connectivity index (χ2n) is 5.50. The summed E-state index contributed by atoms with van der Waals surface area (Å²) >= 11 is 0. The first-order chi connectivity index (χ1) is 7.45. The van der Waals surface area contributed by atoms with Crippen LogP contribution in [0.4, 0.5) is 0 Å². The Hall–Kier alpha value is -0.570. The monoisotopic (exact) mass is 226 g/mol. The van der Waals surface area contributed by atoms with Gasteiger partial charge in [0, 0.05) is 25.0 Å². The molecule has 1 saturated carbocycles. The molecule has 1 aliphatic rings. The summed E-state index contributed by atoms with van der Waals surface area (Å²) in [6.45, 7) is 6.20. The van der Waals surface area contributed by atoms with Crippen LogP contribution in [0, 0.1) is 11.8 Å². The Labute approximate surface area is 99.4 Å². The Kier molecular flexibility index (Phi) is 4.78. The van der Waals surface area contributed by atoms with E-state index in [1.54, 1.807) is 0 Å². The summed E-state index contributed by atoms with van der Waals surface area (Å²) in [6.07, 6.45) is 4.53. The summed E-state index contributed by atoms with van der Waals surface area (Å²) < 4.78 is 0. The van der Waals surface area contributed by atoms with E-state index in [2.05, 4.69) is 13.8 Å². The molecule has 0 aromatic heterocycles. The third kappa shape index (κ3) is 2.97. The zero-order valence-corrected chi connectivity index (χ0v) is 11.1. The van der Waals surface area contributed by atoms with Gasteiger partial charge in [0.15, 0.2) is 0 Å². The lowest BCUT2D eigenvalue weighted by Crippen LogP contribution is -2.51. The van der Waals surface area contributed by atoms with E-state index in [0.29, 0.717) is 5.92 Å². The van der Waals surface area contributed by atoms with Gasteiger partial charge >= 0.3 is 0 Å². The highest BCUT2D eigenvalue weighted by Gasteiger charge is 2.30. The first-order valence-electron chi connectivity index (χ1n) is 6.47. The third-order valence-electron chi connectivity index (χ3n) is 4.02. The van der Waals surface area contributed by atoms with Gasteiger partial charge in [-0.05, 0) is 18.8 Å². The van der Waals surface area contributed by atoms with E-state index in [-0.39, 0.29) is 23.9 Å². The lowest BCUT2D eigenvalue weighted by Gasteiger charge is -2.37. The molecule has 94 valence electrons. The summed E-state index contributed by atoms with van der Waals surface area (Å²) in [7, 11) is 1.91. The molecule has 0 bridgehead atoms. The van der Waals surface area contributed by atoms with Crippen LogP contribution in [0.3, 0.4) is 0 Å². The van der Waals surface area contributed by atoms with Crippen molar-refractivity contribution >= 4 is 5.91 Å². The van der Waals surface area contributed by atoms with Gasteiger partial charge in [-0.1, -0.05) is 33.6 Å². The van der Waals surface area contributed by atoms with Crippen molar-refractivity contribution in [2.75, 3.05) is 7.05 Å². The van der Waals surface area contributed by atoms with Crippen LogP contribution in [0.5, 0.6) is 0 Å². The van der Waals surface area contributed by atoms with Gasteiger partial charge in [0.2, 0.25) is 5.91 Å². The van der Waals surface area contributed by atoms with Gasteiger partial charge in [-0.15, -0.1) is 0 Å². The van der Waals surface area contributed by atoms with Gasteiger partial charge in [-0.2, -0.15) is 0 Å². The fourth-order valence-electron chi connectivity index (χ4n) is 2.39. The maximum atomic E-state index is 12.2. The smallest absolute Gasteiger partial charge is 0.225 e. The minimum Gasteiger partial charge on any atom is -0.341 e. The van der Waals surface area contributed by atoms with Crippen molar-refractivity contribution in [2.45, 2.75) is 58.5 Å². The van der Waals surface area contributed by atoms with Crippen molar-refractivity contribution in [3.8, 4) is 0 Å². The van der Waals surface area contributed by atoms with Crippen LogP contribution in [-0.4, -0.2) is 29.9 Å². The van der Waals surface area contributed by atoms with Crippen LogP contribution in [0.1, 0.15) is 46.5 Å². The average Bonchev–Trinajstić information content (AvgIpc) is 2.26. The fourth-order valence-corrected chi connectivity index (χ4v) is 2.39. The number of rotatable bonds is 3. The van der Waals surface area contributed by atoms with Gasteiger partial charge in [-0.25, -0.2) is 0 Å². The van der Waals surface area contributed by atoms with Crippen LogP contribution >= 0.6 is 0 Å². The number of nitrogens with two attached hydrogens (primary N) is 1. The summed E-state index contributed by atoms with van der Waals surface area (Å²) in [4.78, 5) is 14.1. The predicted octanol–water partition coefficient (Wildman–Crippen LogP) is 2.01. The summed E-state index contributed by atoms with van der Waals surface area (Å²) in [6, 6.07) is 0.421. The van der Waals surface area contributed by atoms with Gasteiger partial charge in [0.05, 0.1) is 0 Å². The molecular weight excluding hydrogens is 200 g/mol. The van der Waals surface area contributed by atoms with Crippen molar-refractivity contribution in [1.29, 1.82) is 0 Å². The van der Waals surface area contributed by atoms with Crippen molar-refractivity contribution in [1.82, 2.24) is 4.90 Å². The molecule has 0 aromatic rings. The van der Waals surface area contributed by atoms with Gasteiger partial charge < -0.3 is 10.6 Å². The molecule has 0 spiro atoms. The Bertz CT molecular complexity index is 240. The van der Waals surface area contributed by atoms with Crippen molar-refractivity contribution in [2.24, 2.45) is 17.6 Å². The normalized spacial score (nSPS) is 27.9. The number of hydrogen-bond donors (Lipinski definition) is 1. The zero-order valence-electron chi connectivity index (χ0n) is 11.1. The molecule has 1 amide bonds. The van der Waals surface area contributed by atoms with E-state index < -0.39 is 0 Å². The molecule has 0 heterocycles. The van der Waals surface area contributed by atoms with Crippen LogP contribution in [-0.2, 0) is 4.79 Å². The molecule has 0 aromatic carbocycles. The second-order valence-corrected chi connectivity index (χ2v) is 5.50. The molecule has 0 saturated heterocycles. The Morgan fingerprint density at radius 3 is 2.31 bits per heavy atom. The van der Waals surface area contributed by atoms with Crippen LogP contribution in [0.15, 0.2) is 0 Å². The van der Waals surface area contributed by atoms with E-state index >= 15 is 0 Å². The number of likely N-dealkylation sites (N-methyl/N-ethyl adjacent to an activating group) is 1. The largest absolute Gasteiger partial charge is 0.341 e. The topological polar surface area (TPSA) is 46.3 Å². The molecule has 0 radical (unpaired) electrons. The summed E-state index contributed by atoms with van der Waals surface area (Å²) in [5, 5.41) is 0. The van der Waals surface area contributed by atoms with Crippen molar-refractivity contribution < 1.29 is 4.79 Å². The first-order valence-corrected chi connectivity index (χ1v) is 6.47. The molecule has 3 nitrogen and oxygen atoms in total. The van der Waals surface area contributed by atoms with E-state index in [0.717, 1.165) is 12.8 Å². The Morgan fingerprint density at radius 1 is 1.25 bits per heavy atom. The molecular formula is C13H26N2O. The lowest BCUT2D eigenvalue weighted by atomic mass is 9.88. The number of hydrogen-bond acceptors (Lipinski definition) is 2. The summed E-state index contributed by atoms with van der Waals surface area (Å²) in [5.74, 6) is 0.742. The number of nitrogens with zero attached hydrogens (tertiary/aromatic N) is 1. The van der Waals surface area contributed by atoms with Crippen molar-refractivity contribution in [3.63, 3.8) is 0 Å². The second kappa shape index (κ2) is 5.67. The van der Waals surface area contributed by atoms with Crippen LogP contribution in [0.2, 0.25) is 0 Å². The molecule has 1 aliphatic carbocycles. The molecule has 0 aliphatic heterocycles. The minimum absolute atomic E-state index is 0.0964. The molecule has 2 N–H and O–H groups in total. The molecule has 1 fully saturated rings. The number of carbonyl (C=O) groups is 1. The standard InChI is InChI=1S/C13H26N2O/c1-9(2)10(3)13(16)15(4)12-8-6-5-7-11(12)14/h9-12H,5-8,14H2,1-4H3. The SMILES string of the molecule is CC(C)C(C)C(=O)N(C)C1CCCCC1N. The maximum absolute atomic E-state index is 12.2. The lowest BCUT2D eigenvalue weighted by molar-refractivity contribution is -0.138. The van der Waals surface area contributed by atoms with Gasteiger partial charge in [0.25, 0.3) is 0 Å². The Morgan fingerprint density at radius 2 is 1.81 bits per heavy atom. The molecule has 3 heteroatoms. The predicted molar refractivity (Wildman–Crippen MR) is 67.0 cm³/mol. The highest BCUT2D eigenvalue weighted by atomic mass is 16.2. The fraction of sp³-hybridized carbons (Fsp3) is 0.923. The van der Waals surface area contributed by atoms with Crippen molar-refractivity contribution in [3.05, 3.63) is 0 Å². The minimum atomic E-state index is 0.0964. The third-order valence-corrected chi connectivity index (χ3v) is 4.02. The van der Waals surface area contributed by atoms with Crippen LogP contribution < -0.4 is 5.73 Å². The van der Waals surface area contributed by atoms with Crippen LogP contribution in [0.25, 0.3) is 0 Å². The van der Waals surface area contributed by atoms with E-state index in [1.807, 2.05) is 18.9 Å². The van der Waals surface area contributed by atoms with E-state index in [9.17, 15) is 4.79 Å². The molecule has 3 unspecified atom stereocenters. The summed E-state index contributed by atoms with van der Waals surface area (Å²) in [5.41, 5.74) is 6.10. The van der Waals surface area contributed by atoms with E-state index in [1.165, 1.54) is 12.8 Å². The van der Waals surface area contributed by atoms with E-state index in [4.69, 9.17) is 5.73 Å². The Balaban J connectivity index is 2.61. The highest BCUT2D eigenvalue weighted by molar-refractivity contribution is 5.78. The quantitative estimate of drug-likeness (QED) is 0.800. The number of amides is 1. The number of carbonyl (C=O) groups excluding carboxylic acids is 1. The maximum Gasteiger partial charge on any atom is 0.225 e. The van der Waals surface area contributed by atoms with Gasteiger partial charge in [-0.3, -0.25) is 4.79 Å². The molecule has 1 rings (SSSR count). The molecule has 16 heavy (non-hydrogen) atoms. The highest BCUT2D eigenvalue weighted by Crippen LogP contribution is 2.23. The molecule has 3 atom stereocenters. The average molecular weight is 226 g/mol. The van der Waals surface area contributed by atoms with Gasteiger partial charge in [0.1, 0.15) is 0 Å². The zero-order chi connectivity index (χ0) is 12.3. The first kappa shape index (κ1) is 13.5.